The van der Waals surface area contributed by atoms with Crippen LogP contribution in [0.1, 0.15) is 32.6 Å². The molecule has 2 fully saturated rings. The molecular weight excluding hydrogens is 308 g/mol. The van der Waals surface area contributed by atoms with E-state index in [0.717, 1.165) is 56.8 Å². The summed E-state index contributed by atoms with van der Waals surface area (Å²) < 4.78 is 7.65. The van der Waals surface area contributed by atoms with Crippen molar-refractivity contribution in [3.05, 3.63) is 12.2 Å². The number of carbonyl (C=O) groups excluding carboxylic acids is 1. The number of carbonyl (C=O) groups is 1. The molecule has 132 valence electrons. The lowest BCUT2D eigenvalue weighted by atomic mass is 9.84. The molecule has 2 aliphatic rings. The molecule has 8 heteroatoms. The van der Waals surface area contributed by atoms with Crippen LogP contribution in [0.2, 0.25) is 0 Å². The molecule has 3 rings (SSSR count). The standard InChI is InChI=1S/C16H26N6O2/c1-11(2)3-9-22-16(18-19-20-22)21-7-4-12(5-8-21)14-13(15(17)23)6-10-24-14/h12-14H,1,3-10H2,2H3,(H2,17,23)/t13-,14+/m1/s1. The molecule has 1 aromatic heterocycles. The number of piperidine rings is 1. The summed E-state index contributed by atoms with van der Waals surface area (Å²) in [7, 11) is 0. The van der Waals surface area contributed by atoms with Gasteiger partial charge in [-0.2, -0.15) is 0 Å². The minimum Gasteiger partial charge on any atom is -0.377 e. The number of aryl methyl sites for hydroxylation is 1. The fraction of sp³-hybridized carbons (Fsp3) is 0.750. The average molecular weight is 334 g/mol. The molecule has 8 nitrogen and oxygen atoms in total. The molecule has 2 saturated heterocycles. The maximum absolute atomic E-state index is 11.6. The fourth-order valence-electron chi connectivity index (χ4n) is 3.68. The van der Waals surface area contributed by atoms with Crippen molar-refractivity contribution < 1.29 is 9.53 Å². The van der Waals surface area contributed by atoms with E-state index in [1.54, 1.807) is 0 Å². The lowest BCUT2D eigenvalue weighted by molar-refractivity contribution is -0.124. The van der Waals surface area contributed by atoms with E-state index < -0.39 is 0 Å². The van der Waals surface area contributed by atoms with Crippen LogP contribution in [0.25, 0.3) is 0 Å². The van der Waals surface area contributed by atoms with E-state index in [4.69, 9.17) is 10.5 Å². The summed E-state index contributed by atoms with van der Waals surface area (Å²) in [4.78, 5) is 13.8. The van der Waals surface area contributed by atoms with Gasteiger partial charge in [-0.1, -0.05) is 10.7 Å². The van der Waals surface area contributed by atoms with Gasteiger partial charge in [0.2, 0.25) is 11.9 Å². The van der Waals surface area contributed by atoms with Crippen molar-refractivity contribution in [2.45, 2.75) is 45.3 Å². The Balaban J connectivity index is 1.58. The van der Waals surface area contributed by atoms with E-state index in [9.17, 15) is 4.79 Å². The lowest BCUT2D eigenvalue weighted by Crippen LogP contribution is -2.43. The van der Waals surface area contributed by atoms with Crippen molar-refractivity contribution in [3.63, 3.8) is 0 Å². The van der Waals surface area contributed by atoms with Crippen LogP contribution >= 0.6 is 0 Å². The number of anilines is 1. The highest BCUT2D eigenvalue weighted by atomic mass is 16.5. The number of allylic oxidation sites excluding steroid dienone is 1. The molecule has 0 spiro atoms. The van der Waals surface area contributed by atoms with Gasteiger partial charge in [-0.05, 0) is 49.0 Å². The number of primary amides is 1. The second kappa shape index (κ2) is 7.29. The van der Waals surface area contributed by atoms with Gasteiger partial charge < -0.3 is 15.4 Å². The monoisotopic (exact) mass is 334 g/mol. The van der Waals surface area contributed by atoms with Crippen molar-refractivity contribution in [1.29, 1.82) is 0 Å². The van der Waals surface area contributed by atoms with Gasteiger partial charge in [-0.25, -0.2) is 4.68 Å². The van der Waals surface area contributed by atoms with Crippen molar-refractivity contribution in [3.8, 4) is 0 Å². The van der Waals surface area contributed by atoms with Crippen LogP contribution < -0.4 is 10.6 Å². The lowest BCUT2D eigenvalue weighted by Gasteiger charge is -2.35. The van der Waals surface area contributed by atoms with Crippen LogP contribution in [0.4, 0.5) is 5.95 Å². The first-order chi connectivity index (χ1) is 11.6. The Labute approximate surface area is 142 Å². The first kappa shape index (κ1) is 16.9. The van der Waals surface area contributed by atoms with Crippen molar-refractivity contribution in [2.24, 2.45) is 17.6 Å². The summed E-state index contributed by atoms with van der Waals surface area (Å²) in [6.45, 7) is 9.04. The fourth-order valence-corrected chi connectivity index (χ4v) is 3.68. The summed E-state index contributed by atoms with van der Waals surface area (Å²) >= 11 is 0. The second-order valence-electron chi connectivity index (χ2n) is 6.87. The normalized spacial score (nSPS) is 25.1. The first-order valence-electron chi connectivity index (χ1n) is 8.62. The number of hydrogen-bond acceptors (Lipinski definition) is 6. The molecule has 2 N–H and O–H groups in total. The van der Waals surface area contributed by atoms with Crippen molar-refractivity contribution in [1.82, 2.24) is 20.2 Å². The second-order valence-corrected chi connectivity index (χ2v) is 6.87. The van der Waals surface area contributed by atoms with E-state index in [1.165, 1.54) is 0 Å². The predicted octanol–water partition coefficient (Wildman–Crippen LogP) is 0.746. The molecular formula is C16H26N6O2. The Morgan fingerprint density at radius 2 is 2.12 bits per heavy atom. The Bertz CT molecular complexity index is 593. The zero-order chi connectivity index (χ0) is 17.1. The highest BCUT2D eigenvalue weighted by Crippen LogP contribution is 2.33. The van der Waals surface area contributed by atoms with Crippen LogP contribution in [0.15, 0.2) is 12.2 Å². The van der Waals surface area contributed by atoms with Crippen molar-refractivity contribution >= 4 is 11.9 Å². The minimum absolute atomic E-state index is 0.0240. The van der Waals surface area contributed by atoms with E-state index in [-0.39, 0.29) is 17.9 Å². The zero-order valence-corrected chi connectivity index (χ0v) is 14.2. The van der Waals surface area contributed by atoms with E-state index in [1.807, 2.05) is 11.6 Å². The quantitative estimate of drug-likeness (QED) is 0.771. The highest BCUT2D eigenvalue weighted by molar-refractivity contribution is 5.77. The zero-order valence-electron chi connectivity index (χ0n) is 14.2. The molecule has 1 amide bonds. The van der Waals surface area contributed by atoms with E-state index in [2.05, 4.69) is 27.0 Å². The number of rotatable bonds is 6. The predicted molar refractivity (Wildman–Crippen MR) is 89.2 cm³/mol. The summed E-state index contributed by atoms with van der Waals surface area (Å²) in [6, 6.07) is 0. The van der Waals surface area contributed by atoms with Gasteiger partial charge in [0.15, 0.2) is 0 Å². The Kier molecular flexibility index (Phi) is 5.13. The van der Waals surface area contributed by atoms with Gasteiger partial charge in [0, 0.05) is 19.7 Å². The number of aromatic nitrogens is 4. The summed E-state index contributed by atoms with van der Waals surface area (Å²) in [5, 5.41) is 12.1. The van der Waals surface area contributed by atoms with Crippen molar-refractivity contribution in [2.75, 3.05) is 24.6 Å². The summed E-state index contributed by atoms with van der Waals surface area (Å²) in [5.74, 6) is 0.820. The molecule has 2 atom stereocenters. The Morgan fingerprint density at radius 1 is 1.38 bits per heavy atom. The number of nitrogens with two attached hydrogens (primary N) is 1. The van der Waals surface area contributed by atoms with Gasteiger partial charge in [0.05, 0.1) is 18.6 Å². The molecule has 0 unspecified atom stereocenters. The molecule has 0 bridgehead atoms. The highest BCUT2D eigenvalue weighted by Gasteiger charge is 2.39. The molecule has 0 radical (unpaired) electrons. The van der Waals surface area contributed by atoms with Crippen LogP contribution in [0.5, 0.6) is 0 Å². The van der Waals surface area contributed by atoms with E-state index >= 15 is 0 Å². The minimum atomic E-state index is -0.233. The van der Waals surface area contributed by atoms with Gasteiger partial charge in [-0.3, -0.25) is 4.79 Å². The third-order valence-electron chi connectivity index (χ3n) is 5.05. The number of tetrazole rings is 1. The van der Waals surface area contributed by atoms with Crippen LogP contribution in [-0.4, -0.2) is 51.9 Å². The van der Waals surface area contributed by atoms with Crippen LogP contribution in [0, 0.1) is 11.8 Å². The third kappa shape index (κ3) is 3.58. The molecule has 2 aliphatic heterocycles. The van der Waals surface area contributed by atoms with Gasteiger partial charge >= 0.3 is 0 Å². The molecule has 0 saturated carbocycles. The average Bonchev–Trinajstić information content (AvgIpc) is 3.22. The Hall–Kier alpha value is -1.96. The Morgan fingerprint density at radius 3 is 2.79 bits per heavy atom. The topological polar surface area (TPSA) is 99.2 Å². The van der Waals surface area contributed by atoms with Crippen LogP contribution in [-0.2, 0) is 16.1 Å². The molecule has 0 aromatic carbocycles. The number of hydrogen-bond donors (Lipinski definition) is 1. The van der Waals surface area contributed by atoms with Gasteiger partial charge in [0.1, 0.15) is 0 Å². The maximum Gasteiger partial charge on any atom is 0.245 e. The molecule has 24 heavy (non-hydrogen) atoms. The molecule has 3 heterocycles. The molecule has 0 aliphatic carbocycles. The van der Waals surface area contributed by atoms with E-state index in [0.29, 0.717) is 12.5 Å². The van der Waals surface area contributed by atoms with Crippen LogP contribution in [0.3, 0.4) is 0 Å². The smallest absolute Gasteiger partial charge is 0.245 e. The SMILES string of the molecule is C=C(C)CCn1nnnc1N1CCC([C@@H]2OCC[C@H]2C(N)=O)CC1. The number of nitrogens with zero attached hydrogens (tertiary/aromatic N) is 5. The van der Waals surface area contributed by atoms with Gasteiger partial charge in [-0.15, -0.1) is 6.58 Å². The summed E-state index contributed by atoms with van der Waals surface area (Å²) in [5.41, 5.74) is 6.63. The third-order valence-corrected chi connectivity index (χ3v) is 5.05. The van der Waals surface area contributed by atoms with Gasteiger partial charge in [0.25, 0.3) is 0 Å². The largest absolute Gasteiger partial charge is 0.377 e. The maximum atomic E-state index is 11.6. The summed E-state index contributed by atoms with van der Waals surface area (Å²) in [6.07, 6.45) is 3.51. The molecule has 1 aromatic rings. The first-order valence-corrected chi connectivity index (χ1v) is 8.62. The number of ether oxygens (including phenoxy) is 1. The number of amides is 1.